The highest BCUT2D eigenvalue weighted by Crippen LogP contribution is 2.33. The first kappa shape index (κ1) is 21.1. The second-order valence-electron chi connectivity index (χ2n) is 5.66. The van der Waals surface area contributed by atoms with E-state index in [2.05, 4.69) is 20.1 Å². The summed E-state index contributed by atoms with van der Waals surface area (Å²) >= 11 is 11.8. The highest BCUT2D eigenvalue weighted by atomic mass is 35.5. The number of alkyl halides is 5. The Morgan fingerprint density at radius 1 is 1.24 bits per heavy atom. The number of aromatic nitrogens is 3. The Kier molecular flexibility index (Phi) is 5.54. The van der Waals surface area contributed by atoms with Gasteiger partial charge in [-0.2, -0.15) is 27.1 Å². The van der Waals surface area contributed by atoms with Gasteiger partial charge in [-0.05, 0) is 31.2 Å². The molecule has 0 saturated heterocycles. The molecule has 0 fully saturated rings. The summed E-state index contributed by atoms with van der Waals surface area (Å²) in [5.74, 6) is -1.27. The highest BCUT2D eigenvalue weighted by Gasteiger charge is 2.36. The molecule has 3 aromatic rings. The zero-order valence-electron chi connectivity index (χ0n) is 14.2. The van der Waals surface area contributed by atoms with E-state index in [-0.39, 0.29) is 32.8 Å². The van der Waals surface area contributed by atoms with E-state index < -0.39 is 30.1 Å². The predicted molar refractivity (Wildman–Crippen MR) is 93.8 cm³/mol. The molecule has 0 unspecified atom stereocenters. The highest BCUT2D eigenvalue weighted by molar-refractivity contribution is 6.37. The van der Waals surface area contributed by atoms with Crippen molar-refractivity contribution in [3.63, 3.8) is 0 Å². The SMILES string of the molecule is Cc1cc(C(F)(F)F)n2nc(C(=O)Nc3ccc(OC(F)F)c(Cl)c3)c(Cl)c2n1. The number of amides is 1. The molecule has 0 aliphatic heterocycles. The van der Waals surface area contributed by atoms with Gasteiger partial charge in [0, 0.05) is 11.4 Å². The lowest BCUT2D eigenvalue weighted by Gasteiger charge is -2.09. The quantitative estimate of drug-likeness (QED) is 0.549. The van der Waals surface area contributed by atoms with E-state index in [1.54, 1.807) is 0 Å². The molecule has 29 heavy (non-hydrogen) atoms. The fourth-order valence-electron chi connectivity index (χ4n) is 2.42. The van der Waals surface area contributed by atoms with Crippen LogP contribution in [0.2, 0.25) is 10.0 Å². The van der Waals surface area contributed by atoms with Crippen LogP contribution in [0.5, 0.6) is 5.75 Å². The number of benzene rings is 1. The number of hydrogen-bond acceptors (Lipinski definition) is 4. The van der Waals surface area contributed by atoms with Crippen LogP contribution in [0.1, 0.15) is 21.9 Å². The van der Waals surface area contributed by atoms with Crippen LogP contribution in [-0.2, 0) is 6.18 Å². The van der Waals surface area contributed by atoms with Gasteiger partial charge in [0.2, 0.25) is 0 Å². The molecule has 0 saturated carbocycles. The average molecular weight is 455 g/mol. The molecule has 0 aliphatic rings. The number of carbonyl (C=O) groups is 1. The van der Waals surface area contributed by atoms with Crippen LogP contribution in [0, 0.1) is 6.92 Å². The van der Waals surface area contributed by atoms with E-state index in [0.717, 1.165) is 18.2 Å². The molecule has 2 heterocycles. The molecule has 1 N–H and O–H groups in total. The number of nitrogens with zero attached hydrogens (tertiary/aromatic N) is 3. The van der Waals surface area contributed by atoms with Gasteiger partial charge in [-0.25, -0.2) is 9.50 Å². The lowest BCUT2D eigenvalue weighted by molar-refractivity contribution is -0.142. The Bertz CT molecular complexity index is 1100. The second kappa shape index (κ2) is 7.64. The van der Waals surface area contributed by atoms with Gasteiger partial charge in [0.05, 0.1) is 5.02 Å². The predicted octanol–water partition coefficient (Wildman–Crippen LogP) is 5.22. The lowest BCUT2D eigenvalue weighted by atomic mass is 10.3. The van der Waals surface area contributed by atoms with Crippen molar-refractivity contribution in [3.8, 4) is 5.75 Å². The molecule has 3 rings (SSSR count). The minimum Gasteiger partial charge on any atom is -0.433 e. The Balaban J connectivity index is 1.96. The molecule has 6 nitrogen and oxygen atoms in total. The Labute approximate surface area is 169 Å². The number of carbonyl (C=O) groups excluding carboxylic acids is 1. The number of halogens is 7. The molecule has 0 spiro atoms. The van der Waals surface area contributed by atoms with E-state index >= 15 is 0 Å². The molecule has 13 heteroatoms. The monoisotopic (exact) mass is 454 g/mol. The standard InChI is InChI=1S/C16H9Cl2F5N4O2/c1-6-4-10(16(21,22)23)27-13(24-6)11(18)12(26-27)14(28)25-7-2-3-9(8(17)5-7)29-15(19)20/h2-5,15H,1H3,(H,25,28). The first-order valence-electron chi connectivity index (χ1n) is 7.66. The Morgan fingerprint density at radius 3 is 2.52 bits per heavy atom. The van der Waals surface area contributed by atoms with Gasteiger partial charge < -0.3 is 10.1 Å². The summed E-state index contributed by atoms with van der Waals surface area (Å²) in [5, 5.41) is 5.34. The maximum absolute atomic E-state index is 13.2. The minimum atomic E-state index is -4.76. The van der Waals surface area contributed by atoms with E-state index in [9.17, 15) is 26.7 Å². The summed E-state index contributed by atoms with van der Waals surface area (Å²) in [4.78, 5) is 16.3. The topological polar surface area (TPSA) is 68.5 Å². The number of ether oxygens (including phenoxy) is 1. The van der Waals surface area contributed by atoms with E-state index in [0.29, 0.717) is 4.52 Å². The number of hydrogen-bond donors (Lipinski definition) is 1. The summed E-state index contributed by atoms with van der Waals surface area (Å²) in [6.45, 7) is -1.76. The van der Waals surface area contributed by atoms with Crippen LogP contribution in [0.25, 0.3) is 5.65 Å². The van der Waals surface area contributed by atoms with E-state index in [1.165, 1.54) is 13.0 Å². The van der Waals surface area contributed by atoms with Crippen LogP contribution in [-0.4, -0.2) is 27.1 Å². The zero-order chi connectivity index (χ0) is 21.5. The molecule has 0 radical (unpaired) electrons. The third-order valence-electron chi connectivity index (χ3n) is 3.57. The Hall–Kier alpha value is -2.66. The van der Waals surface area contributed by atoms with Crippen molar-refractivity contribution in [2.75, 3.05) is 5.32 Å². The molecular weight excluding hydrogens is 446 g/mol. The van der Waals surface area contributed by atoms with Crippen molar-refractivity contribution in [1.82, 2.24) is 14.6 Å². The first-order chi connectivity index (χ1) is 13.5. The summed E-state index contributed by atoms with van der Waals surface area (Å²) < 4.78 is 68.9. The molecule has 1 aromatic carbocycles. The second-order valence-corrected chi connectivity index (χ2v) is 6.44. The van der Waals surface area contributed by atoms with Gasteiger partial charge in [-0.3, -0.25) is 4.79 Å². The smallest absolute Gasteiger partial charge is 0.433 e. The number of nitrogens with one attached hydrogen (secondary N) is 1. The summed E-state index contributed by atoms with van der Waals surface area (Å²) in [6.07, 6.45) is -4.76. The summed E-state index contributed by atoms with van der Waals surface area (Å²) in [6, 6.07) is 4.17. The number of rotatable bonds is 4. The van der Waals surface area contributed by atoms with Crippen molar-refractivity contribution >= 4 is 40.4 Å². The van der Waals surface area contributed by atoms with Crippen LogP contribution >= 0.6 is 23.2 Å². The molecule has 1 amide bonds. The van der Waals surface area contributed by atoms with Crippen LogP contribution in [0.15, 0.2) is 24.3 Å². The largest absolute Gasteiger partial charge is 0.433 e. The van der Waals surface area contributed by atoms with Crippen molar-refractivity contribution in [2.24, 2.45) is 0 Å². The van der Waals surface area contributed by atoms with Crippen molar-refractivity contribution in [3.05, 3.63) is 51.4 Å². The summed E-state index contributed by atoms with van der Waals surface area (Å²) in [5.41, 5.74) is -1.94. The van der Waals surface area contributed by atoms with Crippen LogP contribution < -0.4 is 10.1 Å². The molecule has 2 aromatic heterocycles. The van der Waals surface area contributed by atoms with Gasteiger partial charge in [-0.1, -0.05) is 23.2 Å². The molecule has 0 bridgehead atoms. The zero-order valence-corrected chi connectivity index (χ0v) is 15.7. The normalized spacial score (nSPS) is 11.9. The maximum Gasteiger partial charge on any atom is 0.433 e. The molecule has 0 atom stereocenters. The third-order valence-corrected chi connectivity index (χ3v) is 4.22. The van der Waals surface area contributed by atoms with Gasteiger partial charge in [0.1, 0.15) is 16.5 Å². The van der Waals surface area contributed by atoms with Gasteiger partial charge in [0.15, 0.2) is 11.3 Å². The number of anilines is 1. The molecule has 154 valence electrons. The molecular formula is C16H9Cl2F5N4O2. The van der Waals surface area contributed by atoms with Crippen molar-refractivity contribution in [2.45, 2.75) is 19.7 Å². The first-order valence-corrected chi connectivity index (χ1v) is 8.41. The maximum atomic E-state index is 13.2. The fraction of sp³-hybridized carbons (Fsp3) is 0.188. The third kappa shape index (κ3) is 4.35. The minimum absolute atomic E-state index is 0.0278. The molecule has 0 aliphatic carbocycles. The van der Waals surface area contributed by atoms with Gasteiger partial charge in [0.25, 0.3) is 5.91 Å². The van der Waals surface area contributed by atoms with Crippen molar-refractivity contribution < 1.29 is 31.5 Å². The summed E-state index contributed by atoms with van der Waals surface area (Å²) in [7, 11) is 0. The van der Waals surface area contributed by atoms with E-state index in [1.807, 2.05) is 0 Å². The van der Waals surface area contributed by atoms with E-state index in [4.69, 9.17) is 23.2 Å². The fourth-order valence-corrected chi connectivity index (χ4v) is 2.89. The van der Waals surface area contributed by atoms with Crippen LogP contribution in [0.4, 0.5) is 27.6 Å². The number of fused-ring (bicyclic) bond motifs is 1. The van der Waals surface area contributed by atoms with Crippen LogP contribution in [0.3, 0.4) is 0 Å². The lowest BCUT2D eigenvalue weighted by Crippen LogP contribution is -2.16. The van der Waals surface area contributed by atoms with Gasteiger partial charge in [-0.15, -0.1) is 0 Å². The van der Waals surface area contributed by atoms with Crippen molar-refractivity contribution in [1.29, 1.82) is 0 Å². The Morgan fingerprint density at radius 2 is 1.93 bits per heavy atom. The number of aryl methyl sites for hydroxylation is 1. The average Bonchev–Trinajstić information content (AvgIpc) is 2.92. The van der Waals surface area contributed by atoms with Gasteiger partial charge >= 0.3 is 12.8 Å².